The van der Waals surface area contributed by atoms with Gasteiger partial charge >= 0.3 is 0 Å². The molecule has 0 saturated heterocycles. The molecule has 4 N–H and O–H groups in total. The number of hydrogen-bond acceptors (Lipinski definition) is 5. The molecule has 0 bridgehead atoms. The Morgan fingerprint density at radius 1 is 1.56 bits per heavy atom. The number of methoxy groups -OCH3 is 1. The Hall–Kier alpha value is -1.04. The predicted octanol–water partition coefficient (Wildman–Crippen LogP) is -0.0161. The van der Waals surface area contributed by atoms with E-state index in [2.05, 4.69) is 0 Å². The molecule has 0 radical (unpaired) electrons. The van der Waals surface area contributed by atoms with Crippen LogP contribution in [0.15, 0.2) is 23.1 Å². The zero-order chi connectivity index (χ0) is 12.1. The van der Waals surface area contributed by atoms with Gasteiger partial charge < -0.3 is 25.6 Å². The van der Waals surface area contributed by atoms with Crippen molar-refractivity contribution in [2.75, 3.05) is 33.4 Å². The number of ether oxygens (including phenoxy) is 1. The van der Waals surface area contributed by atoms with Gasteiger partial charge in [0.2, 0.25) is 0 Å². The third-order valence-corrected chi connectivity index (χ3v) is 2.84. The van der Waals surface area contributed by atoms with Crippen LogP contribution in [0.5, 0.6) is 0 Å². The minimum absolute atomic E-state index is 0.118. The van der Waals surface area contributed by atoms with Crippen LogP contribution in [-0.2, 0) is 4.74 Å². The fourth-order valence-electron chi connectivity index (χ4n) is 1.79. The Kier molecular flexibility index (Phi) is 4.79. The second kappa shape index (κ2) is 5.89. The SMILES string of the molecule is COCCN1C=C(CO)C(CN)=C(O)C1C. The van der Waals surface area contributed by atoms with Crippen LogP contribution < -0.4 is 5.73 Å². The summed E-state index contributed by atoms with van der Waals surface area (Å²) in [6.45, 7) is 3.26. The average Bonchev–Trinajstić information content (AvgIpc) is 2.30. The first-order chi connectivity index (χ1) is 7.65. The Labute approximate surface area is 95.8 Å². The lowest BCUT2D eigenvalue weighted by atomic mass is 9.98. The topological polar surface area (TPSA) is 79.0 Å². The Balaban J connectivity index is 2.87. The highest BCUT2D eigenvalue weighted by Gasteiger charge is 2.24. The lowest BCUT2D eigenvalue weighted by molar-refractivity contribution is 0.144. The van der Waals surface area contributed by atoms with E-state index in [0.717, 1.165) is 0 Å². The van der Waals surface area contributed by atoms with Crippen LogP contribution in [0.4, 0.5) is 0 Å². The van der Waals surface area contributed by atoms with Crippen LogP contribution in [0.1, 0.15) is 6.92 Å². The number of aliphatic hydroxyl groups is 2. The molecule has 92 valence electrons. The lowest BCUT2D eigenvalue weighted by Crippen LogP contribution is -2.37. The second-order valence-electron chi connectivity index (χ2n) is 3.79. The van der Waals surface area contributed by atoms with Gasteiger partial charge in [0.1, 0.15) is 5.76 Å². The van der Waals surface area contributed by atoms with Crippen molar-refractivity contribution in [3.63, 3.8) is 0 Å². The van der Waals surface area contributed by atoms with Gasteiger partial charge in [-0.15, -0.1) is 0 Å². The van der Waals surface area contributed by atoms with Crippen molar-refractivity contribution < 1.29 is 14.9 Å². The largest absolute Gasteiger partial charge is 0.510 e. The first-order valence-corrected chi connectivity index (χ1v) is 5.34. The van der Waals surface area contributed by atoms with E-state index in [4.69, 9.17) is 10.5 Å². The van der Waals surface area contributed by atoms with Gasteiger partial charge in [0.15, 0.2) is 0 Å². The van der Waals surface area contributed by atoms with Crippen LogP contribution in [0, 0.1) is 0 Å². The van der Waals surface area contributed by atoms with Crippen molar-refractivity contribution >= 4 is 0 Å². The molecule has 1 heterocycles. The van der Waals surface area contributed by atoms with Crippen molar-refractivity contribution in [2.24, 2.45) is 5.73 Å². The molecule has 1 rings (SSSR count). The average molecular weight is 228 g/mol. The fraction of sp³-hybridized carbons (Fsp3) is 0.636. The van der Waals surface area contributed by atoms with E-state index in [-0.39, 0.29) is 25.0 Å². The maximum atomic E-state index is 9.97. The summed E-state index contributed by atoms with van der Waals surface area (Å²) in [7, 11) is 1.63. The van der Waals surface area contributed by atoms with Crippen LogP contribution >= 0.6 is 0 Å². The quantitative estimate of drug-likeness (QED) is 0.616. The normalized spacial score (nSPS) is 21.4. The molecule has 1 aliphatic rings. The number of nitrogens with zero attached hydrogens (tertiary/aromatic N) is 1. The molecule has 0 aliphatic carbocycles. The minimum Gasteiger partial charge on any atom is -0.510 e. The van der Waals surface area contributed by atoms with Gasteiger partial charge in [-0.3, -0.25) is 0 Å². The van der Waals surface area contributed by atoms with E-state index in [1.165, 1.54) is 0 Å². The molecule has 1 unspecified atom stereocenters. The summed E-state index contributed by atoms with van der Waals surface area (Å²) in [6, 6.07) is -0.121. The summed E-state index contributed by atoms with van der Waals surface area (Å²) in [5, 5.41) is 19.2. The molecular weight excluding hydrogens is 208 g/mol. The molecule has 5 heteroatoms. The standard InChI is InChI=1S/C11H20N2O3/c1-8-11(15)10(5-12)9(7-14)6-13(8)3-4-16-2/h6,8,14-15H,3-5,7,12H2,1-2H3. The molecule has 0 fully saturated rings. The van der Waals surface area contributed by atoms with Crippen LogP contribution in [0.25, 0.3) is 0 Å². The van der Waals surface area contributed by atoms with Gasteiger partial charge in [0, 0.05) is 37.5 Å². The zero-order valence-electron chi connectivity index (χ0n) is 9.81. The van der Waals surface area contributed by atoms with Crippen LogP contribution in [-0.4, -0.2) is 54.6 Å². The van der Waals surface area contributed by atoms with Gasteiger partial charge in [0.05, 0.1) is 19.3 Å². The van der Waals surface area contributed by atoms with Gasteiger partial charge in [-0.05, 0) is 6.92 Å². The number of nitrogens with two attached hydrogens (primary N) is 1. The van der Waals surface area contributed by atoms with E-state index < -0.39 is 0 Å². The molecule has 0 spiro atoms. The summed E-state index contributed by atoms with van der Waals surface area (Å²) in [5.74, 6) is 0.241. The van der Waals surface area contributed by atoms with E-state index >= 15 is 0 Å². The molecule has 5 nitrogen and oxygen atoms in total. The molecule has 1 atom stereocenters. The van der Waals surface area contributed by atoms with Gasteiger partial charge in [-0.25, -0.2) is 0 Å². The van der Waals surface area contributed by atoms with Crippen molar-refractivity contribution in [2.45, 2.75) is 13.0 Å². The lowest BCUT2D eigenvalue weighted by Gasteiger charge is -2.33. The molecule has 0 aromatic carbocycles. The second-order valence-corrected chi connectivity index (χ2v) is 3.79. The fourth-order valence-corrected chi connectivity index (χ4v) is 1.79. The summed E-state index contributed by atoms with van der Waals surface area (Å²) in [6.07, 6.45) is 1.84. The first kappa shape index (κ1) is 13.0. The van der Waals surface area contributed by atoms with Crippen LogP contribution in [0.3, 0.4) is 0 Å². The molecule has 0 aromatic heterocycles. The third-order valence-electron chi connectivity index (χ3n) is 2.84. The van der Waals surface area contributed by atoms with Crippen molar-refractivity contribution in [3.8, 4) is 0 Å². The molecule has 0 amide bonds. The van der Waals surface area contributed by atoms with Crippen LogP contribution in [0.2, 0.25) is 0 Å². The van der Waals surface area contributed by atoms with Gasteiger partial charge in [-0.2, -0.15) is 0 Å². The minimum atomic E-state index is -0.121. The van der Waals surface area contributed by atoms with E-state index in [9.17, 15) is 10.2 Å². The van der Waals surface area contributed by atoms with Crippen molar-refractivity contribution in [1.82, 2.24) is 4.90 Å². The van der Waals surface area contributed by atoms with Gasteiger partial charge in [0.25, 0.3) is 0 Å². The third kappa shape index (κ3) is 2.55. The molecule has 0 saturated carbocycles. The van der Waals surface area contributed by atoms with E-state index in [0.29, 0.717) is 24.3 Å². The molecule has 1 aliphatic heterocycles. The smallest absolute Gasteiger partial charge is 0.119 e. The molecule has 0 aromatic rings. The molecule has 16 heavy (non-hydrogen) atoms. The predicted molar refractivity (Wildman–Crippen MR) is 61.9 cm³/mol. The maximum Gasteiger partial charge on any atom is 0.119 e. The summed E-state index contributed by atoms with van der Waals surface area (Å²) in [4.78, 5) is 1.93. The monoisotopic (exact) mass is 228 g/mol. The highest BCUT2D eigenvalue weighted by molar-refractivity contribution is 5.39. The number of rotatable bonds is 5. The van der Waals surface area contributed by atoms with E-state index in [1.807, 2.05) is 18.0 Å². The van der Waals surface area contributed by atoms with Crippen molar-refractivity contribution in [1.29, 1.82) is 0 Å². The number of hydrogen-bond donors (Lipinski definition) is 3. The zero-order valence-corrected chi connectivity index (χ0v) is 9.81. The summed E-state index contributed by atoms with van der Waals surface area (Å²) >= 11 is 0. The molecular formula is C11H20N2O3. The highest BCUT2D eigenvalue weighted by Crippen LogP contribution is 2.24. The van der Waals surface area contributed by atoms with E-state index in [1.54, 1.807) is 7.11 Å². The Morgan fingerprint density at radius 3 is 2.75 bits per heavy atom. The Bertz CT molecular complexity index is 300. The maximum absolute atomic E-state index is 9.97. The van der Waals surface area contributed by atoms with Gasteiger partial charge in [-0.1, -0.05) is 0 Å². The summed E-state index contributed by atoms with van der Waals surface area (Å²) in [5.41, 5.74) is 6.87. The Morgan fingerprint density at radius 2 is 2.25 bits per heavy atom. The first-order valence-electron chi connectivity index (χ1n) is 5.34. The van der Waals surface area contributed by atoms with Crippen molar-refractivity contribution in [3.05, 3.63) is 23.1 Å². The highest BCUT2D eigenvalue weighted by atomic mass is 16.5. The summed E-state index contributed by atoms with van der Waals surface area (Å²) < 4.78 is 4.99. The number of aliphatic hydroxyl groups excluding tert-OH is 2.